The van der Waals surface area contributed by atoms with Gasteiger partial charge in [0, 0.05) is 18.4 Å². The minimum atomic E-state index is -3.94. The fourth-order valence-corrected chi connectivity index (χ4v) is 5.97. The lowest BCUT2D eigenvalue weighted by Crippen LogP contribution is -2.76. The van der Waals surface area contributed by atoms with Gasteiger partial charge in [-0.3, -0.25) is 9.45 Å². The highest BCUT2D eigenvalue weighted by molar-refractivity contribution is 7.85. The van der Waals surface area contributed by atoms with Crippen molar-refractivity contribution in [1.29, 1.82) is 0 Å². The number of carbonyl (C=O) groups excluding carboxylic acids is 1. The first-order chi connectivity index (χ1) is 9.76. The fraction of sp³-hybridized carbons (Fsp3) is 0.923. The SMILES string of the molecule is O=C1OC2(CCNCC2)CN1C12CC(CS(=O)(=O)O)(C1)C2. The van der Waals surface area contributed by atoms with E-state index >= 15 is 0 Å². The molecule has 2 heterocycles. The molecule has 0 atom stereocenters. The normalized spacial score (nSPS) is 40.6. The van der Waals surface area contributed by atoms with Gasteiger partial charge >= 0.3 is 6.09 Å². The van der Waals surface area contributed by atoms with E-state index in [1.165, 1.54) is 0 Å². The van der Waals surface area contributed by atoms with Gasteiger partial charge in [0.05, 0.1) is 12.3 Å². The Morgan fingerprint density at radius 3 is 2.43 bits per heavy atom. The Hall–Kier alpha value is -0.860. The highest BCUT2D eigenvalue weighted by atomic mass is 32.2. The van der Waals surface area contributed by atoms with Gasteiger partial charge in [0.2, 0.25) is 0 Å². The van der Waals surface area contributed by atoms with E-state index < -0.39 is 10.1 Å². The Morgan fingerprint density at radius 1 is 1.24 bits per heavy atom. The second kappa shape index (κ2) is 3.91. The summed E-state index contributed by atoms with van der Waals surface area (Å²) < 4.78 is 36.7. The smallest absolute Gasteiger partial charge is 0.410 e. The van der Waals surface area contributed by atoms with Crippen molar-refractivity contribution in [2.75, 3.05) is 25.4 Å². The first-order valence-corrected chi connectivity index (χ1v) is 9.03. The number of ether oxygens (including phenoxy) is 1. The maximum absolute atomic E-state index is 12.2. The first-order valence-electron chi connectivity index (χ1n) is 7.42. The third-order valence-corrected chi connectivity index (χ3v) is 6.64. The van der Waals surface area contributed by atoms with Crippen molar-refractivity contribution in [2.24, 2.45) is 5.41 Å². The molecule has 2 N–H and O–H groups in total. The number of carbonyl (C=O) groups is 1. The van der Waals surface area contributed by atoms with Crippen molar-refractivity contribution in [3.8, 4) is 0 Å². The topological polar surface area (TPSA) is 95.9 Å². The zero-order chi connectivity index (χ0) is 14.9. The Morgan fingerprint density at radius 2 is 1.86 bits per heavy atom. The van der Waals surface area contributed by atoms with E-state index in [-0.39, 0.29) is 28.4 Å². The summed E-state index contributed by atoms with van der Waals surface area (Å²) in [5, 5.41) is 3.27. The van der Waals surface area contributed by atoms with Crippen LogP contribution < -0.4 is 5.32 Å². The van der Waals surface area contributed by atoms with Crippen LogP contribution in [0.1, 0.15) is 32.1 Å². The molecule has 2 aliphatic heterocycles. The van der Waals surface area contributed by atoms with Gasteiger partial charge in [0.25, 0.3) is 10.1 Å². The minimum absolute atomic E-state index is 0.181. The number of amides is 1. The zero-order valence-corrected chi connectivity index (χ0v) is 12.6. The van der Waals surface area contributed by atoms with E-state index in [4.69, 9.17) is 9.29 Å². The molecule has 1 spiro atoms. The van der Waals surface area contributed by atoms with E-state index in [1.54, 1.807) is 0 Å². The van der Waals surface area contributed by atoms with Gasteiger partial charge in [0.1, 0.15) is 5.60 Å². The maximum atomic E-state index is 12.2. The van der Waals surface area contributed by atoms with Crippen molar-refractivity contribution < 1.29 is 22.5 Å². The monoisotopic (exact) mass is 316 g/mol. The van der Waals surface area contributed by atoms with E-state index in [9.17, 15) is 13.2 Å². The molecule has 21 heavy (non-hydrogen) atoms. The Labute approximate surface area is 123 Å². The maximum Gasteiger partial charge on any atom is 0.410 e. The molecular weight excluding hydrogens is 296 g/mol. The first kappa shape index (κ1) is 13.8. The highest BCUT2D eigenvalue weighted by Crippen LogP contribution is 2.71. The molecule has 5 aliphatic rings. The summed E-state index contributed by atoms with van der Waals surface area (Å²) in [4.78, 5) is 14.0. The number of nitrogens with zero attached hydrogens (tertiary/aromatic N) is 1. The van der Waals surface area contributed by atoms with Crippen LogP contribution in [0.4, 0.5) is 4.79 Å². The summed E-state index contributed by atoms with van der Waals surface area (Å²) in [5.41, 5.74) is -0.873. The molecule has 5 fully saturated rings. The second-order valence-electron chi connectivity index (χ2n) is 7.37. The molecule has 0 radical (unpaired) electrons. The number of piperidine rings is 1. The van der Waals surface area contributed by atoms with Crippen molar-refractivity contribution in [3.63, 3.8) is 0 Å². The van der Waals surface area contributed by atoms with Crippen LogP contribution in [0.25, 0.3) is 0 Å². The van der Waals surface area contributed by atoms with Gasteiger partial charge in [0.15, 0.2) is 0 Å². The van der Waals surface area contributed by atoms with Gasteiger partial charge in [-0.05, 0) is 37.8 Å². The average Bonchev–Trinajstić information content (AvgIpc) is 2.58. The van der Waals surface area contributed by atoms with Gasteiger partial charge in [-0.2, -0.15) is 8.42 Å². The fourth-order valence-electron chi connectivity index (χ4n) is 4.89. The molecule has 5 rings (SSSR count). The summed E-state index contributed by atoms with van der Waals surface area (Å²) in [6, 6.07) is 0. The minimum Gasteiger partial charge on any atom is -0.441 e. The number of hydrogen-bond donors (Lipinski definition) is 2. The van der Waals surface area contributed by atoms with Crippen LogP contribution in [0.3, 0.4) is 0 Å². The third kappa shape index (κ3) is 1.99. The van der Waals surface area contributed by atoms with Gasteiger partial charge < -0.3 is 10.1 Å². The molecular formula is C13H20N2O5S. The predicted molar refractivity (Wildman–Crippen MR) is 73.5 cm³/mol. The largest absolute Gasteiger partial charge is 0.441 e. The van der Waals surface area contributed by atoms with Crippen LogP contribution in [0.15, 0.2) is 0 Å². The summed E-state index contributed by atoms with van der Waals surface area (Å²) in [6.45, 7) is 2.34. The molecule has 118 valence electrons. The molecule has 0 aromatic carbocycles. The molecule has 7 nitrogen and oxygen atoms in total. The molecule has 3 saturated carbocycles. The van der Waals surface area contributed by atoms with E-state index in [0.717, 1.165) is 25.9 Å². The summed E-state index contributed by atoms with van der Waals surface area (Å²) in [7, 11) is -3.94. The van der Waals surface area contributed by atoms with E-state index in [2.05, 4.69) is 5.32 Å². The Kier molecular flexibility index (Phi) is 2.56. The van der Waals surface area contributed by atoms with Crippen LogP contribution in [-0.4, -0.2) is 60.5 Å². The van der Waals surface area contributed by atoms with Crippen LogP contribution in [0.5, 0.6) is 0 Å². The zero-order valence-electron chi connectivity index (χ0n) is 11.8. The van der Waals surface area contributed by atoms with Gasteiger partial charge in [-0.25, -0.2) is 4.79 Å². The molecule has 0 unspecified atom stereocenters. The van der Waals surface area contributed by atoms with Crippen molar-refractivity contribution in [1.82, 2.24) is 10.2 Å². The molecule has 2 bridgehead atoms. The van der Waals surface area contributed by atoms with Crippen LogP contribution >= 0.6 is 0 Å². The summed E-state index contributed by atoms with van der Waals surface area (Å²) in [5.74, 6) is -0.181. The average molecular weight is 316 g/mol. The van der Waals surface area contributed by atoms with Crippen molar-refractivity contribution in [3.05, 3.63) is 0 Å². The lowest BCUT2D eigenvalue weighted by molar-refractivity contribution is -0.187. The molecule has 0 aromatic heterocycles. The van der Waals surface area contributed by atoms with Crippen molar-refractivity contribution in [2.45, 2.75) is 43.2 Å². The summed E-state index contributed by atoms with van der Waals surface area (Å²) in [6.07, 6.45) is 3.43. The van der Waals surface area contributed by atoms with Gasteiger partial charge in [-0.15, -0.1) is 0 Å². The van der Waals surface area contributed by atoms with Crippen molar-refractivity contribution >= 4 is 16.2 Å². The molecule has 0 aromatic rings. The number of nitrogens with one attached hydrogen (secondary N) is 1. The molecule has 8 heteroatoms. The third-order valence-electron chi connectivity index (χ3n) is 5.66. The quantitative estimate of drug-likeness (QED) is 0.730. The highest BCUT2D eigenvalue weighted by Gasteiger charge is 2.73. The standard InChI is InChI=1S/C13H20N2O5S/c16-10-15(8-13(20-10)1-3-14-4-2-13)12-5-11(6-12,7-12)9-21(17,18)19/h14H,1-9H2,(H,17,18,19). The second-order valence-corrected chi connectivity index (χ2v) is 8.82. The summed E-state index contributed by atoms with van der Waals surface area (Å²) >= 11 is 0. The Bertz CT molecular complexity index is 576. The lowest BCUT2D eigenvalue weighted by atomic mass is 9.39. The molecule has 3 aliphatic carbocycles. The predicted octanol–water partition coefficient (Wildman–Crippen LogP) is 0.371. The van der Waals surface area contributed by atoms with Crippen LogP contribution in [0.2, 0.25) is 0 Å². The van der Waals surface area contributed by atoms with E-state index in [0.29, 0.717) is 25.8 Å². The van der Waals surface area contributed by atoms with Gasteiger partial charge in [-0.1, -0.05) is 0 Å². The lowest BCUT2D eigenvalue weighted by Gasteiger charge is -2.72. The Balaban J connectivity index is 1.45. The van der Waals surface area contributed by atoms with E-state index in [1.807, 2.05) is 4.90 Å². The van der Waals surface area contributed by atoms with Crippen LogP contribution in [-0.2, 0) is 14.9 Å². The number of rotatable bonds is 3. The molecule has 2 saturated heterocycles. The van der Waals surface area contributed by atoms with Crippen LogP contribution in [0, 0.1) is 5.41 Å². The number of hydrogen-bond acceptors (Lipinski definition) is 5. The molecule has 1 amide bonds.